The lowest BCUT2D eigenvalue weighted by Crippen LogP contribution is -2.31. The molecule has 0 N–H and O–H groups in total. The van der Waals surface area contributed by atoms with Gasteiger partial charge in [-0.15, -0.1) is 11.3 Å². The summed E-state index contributed by atoms with van der Waals surface area (Å²) in [4.78, 5) is 2.28. The summed E-state index contributed by atoms with van der Waals surface area (Å²) in [6.07, 6.45) is 0.164. The maximum Gasteiger partial charge on any atom is 0.113 e. The van der Waals surface area contributed by atoms with E-state index in [0.29, 0.717) is 0 Å². The van der Waals surface area contributed by atoms with Gasteiger partial charge in [0.15, 0.2) is 0 Å². The lowest BCUT2D eigenvalue weighted by molar-refractivity contribution is 0.000659. The highest BCUT2D eigenvalue weighted by Crippen LogP contribution is 2.33. The molecule has 5 heteroatoms. The Labute approximate surface area is 105 Å². The molecule has 0 spiro atoms. The van der Waals surface area contributed by atoms with Crippen LogP contribution < -0.4 is 0 Å². The number of thiophene rings is 1. The van der Waals surface area contributed by atoms with Crippen LogP contribution in [0.1, 0.15) is 18.7 Å². The highest BCUT2D eigenvalue weighted by molar-refractivity contribution is 7.17. The molecule has 0 radical (unpaired) electrons. The smallest absolute Gasteiger partial charge is 0.113 e. The molecule has 1 aliphatic heterocycles. The molecule has 0 fully saturated rings. The molecule has 0 unspecified atom stereocenters. The summed E-state index contributed by atoms with van der Waals surface area (Å²) < 4.78 is 9.33. The minimum absolute atomic E-state index is 0.164. The summed E-state index contributed by atoms with van der Waals surface area (Å²) in [5.74, 6) is 0. The van der Waals surface area contributed by atoms with Gasteiger partial charge in [0.05, 0.1) is 23.5 Å². The number of rotatable bonds is 3. The highest BCUT2D eigenvalue weighted by Gasteiger charge is 2.26. The molecule has 0 aliphatic carbocycles. The molecule has 17 heavy (non-hydrogen) atoms. The SMILES string of the molecule is CCN(C)C[C@@H]1OCCn2nc3ccsc3c21. The second-order valence-electron chi connectivity index (χ2n) is 4.46. The van der Waals surface area contributed by atoms with E-state index in [9.17, 15) is 0 Å². The quantitative estimate of drug-likeness (QED) is 0.837. The molecule has 0 amide bonds. The van der Waals surface area contributed by atoms with Gasteiger partial charge >= 0.3 is 0 Å². The lowest BCUT2D eigenvalue weighted by atomic mass is 10.2. The van der Waals surface area contributed by atoms with Crippen LogP contribution in [-0.4, -0.2) is 41.4 Å². The Hall–Kier alpha value is -0.910. The molecule has 0 saturated carbocycles. The van der Waals surface area contributed by atoms with E-state index in [1.54, 1.807) is 11.3 Å². The van der Waals surface area contributed by atoms with Crippen molar-refractivity contribution in [3.05, 3.63) is 17.1 Å². The van der Waals surface area contributed by atoms with Crippen LogP contribution in [0, 0.1) is 0 Å². The van der Waals surface area contributed by atoms with Crippen LogP contribution >= 0.6 is 11.3 Å². The molecule has 2 aromatic heterocycles. The molecular formula is C12H17N3OS. The standard InChI is InChI=1S/C12H17N3OS/c1-3-14(2)8-10-11-12-9(4-7-17-12)13-15(11)5-6-16-10/h4,7,10H,3,5-6,8H2,1-2H3/t10-/m0/s1. The molecular weight excluding hydrogens is 234 g/mol. The number of hydrogen-bond acceptors (Lipinski definition) is 4. The van der Waals surface area contributed by atoms with Crippen LogP contribution in [0.5, 0.6) is 0 Å². The van der Waals surface area contributed by atoms with Gasteiger partial charge in [-0.3, -0.25) is 4.68 Å². The van der Waals surface area contributed by atoms with Crippen LogP contribution in [0.2, 0.25) is 0 Å². The third kappa shape index (κ3) is 1.88. The van der Waals surface area contributed by atoms with Crippen molar-refractivity contribution in [2.75, 3.05) is 26.7 Å². The summed E-state index contributed by atoms with van der Waals surface area (Å²) in [6, 6.07) is 2.09. The Morgan fingerprint density at radius 1 is 1.65 bits per heavy atom. The van der Waals surface area contributed by atoms with Crippen molar-refractivity contribution in [2.45, 2.75) is 19.6 Å². The zero-order valence-electron chi connectivity index (χ0n) is 10.2. The maximum absolute atomic E-state index is 5.92. The first-order valence-electron chi connectivity index (χ1n) is 6.03. The van der Waals surface area contributed by atoms with Gasteiger partial charge in [-0.05, 0) is 25.0 Å². The van der Waals surface area contributed by atoms with Crippen molar-refractivity contribution in [3.63, 3.8) is 0 Å². The van der Waals surface area contributed by atoms with E-state index < -0.39 is 0 Å². The zero-order valence-corrected chi connectivity index (χ0v) is 11.0. The third-order valence-corrected chi connectivity index (χ3v) is 4.25. The average molecular weight is 251 g/mol. The maximum atomic E-state index is 5.92. The second kappa shape index (κ2) is 4.40. The predicted octanol–water partition coefficient (Wildman–Crippen LogP) is 2.12. The Morgan fingerprint density at radius 3 is 3.35 bits per heavy atom. The van der Waals surface area contributed by atoms with E-state index in [2.05, 4.69) is 40.1 Å². The molecule has 0 bridgehead atoms. The van der Waals surface area contributed by atoms with E-state index in [4.69, 9.17) is 4.74 Å². The summed E-state index contributed by atoms with van der Waals surface area (Å²) in [5, 5.41) is 6.73. The number of nitrogens with zero attached hydrogens (tertiary/aromatic N) is 3. The lowest BCUT2D eigenvalue weighted by Gasteiger charge is -2.27. The van der Waals surface area contributed by atoms with E-state index in [0.717, 1.165) is 31.8 Å². The third-order valence-electron chi connectivity index (χ3n) is 3.33. The van der Waals surface area contributed by atoms with Crippen LogP contribution in [0.4, 0.5) is 0 Å². The number of ether oxygens (including phenoxy) is 1. The molecule has 3 heterocycles. The molecule has 0 aromatic carbocycles. The minimum atomic E-state index is 0.164. The van der Waals surface area contributed by atoms with Crippen LogP contribution in [0.25, 0.3) is 10.2 Å². The molecule has 4 nitrogen and oxygen atoms in total. The Bertz CT molecular complexity index is 519. The summed E-state index contributed by atoms with van der Waals surface area (Å²) >= 11 is 1.77. The predicted molar refractivity (Wildman–Crippen MR) is 69.5 cm³/mol. The number of fused-ring (bicyclic) bond motifs is 3. The first-order valence-corrected chi connectivity index (χ1v) is 6.91. The fourth-order valence-corrected chi connectivity index (χ4v) is 3.19. The fraction of sp³-hybridized carbons (Fsp3) is 0.583. The monoisotopic (exact) mass is 251 g/mol. The molecule has 1 aliphatic rings. The number of hydrogen-bond donors (Lipinski definition) is 0. The van der Waals surface area contributed by atoms with Crippen molar-refractivity contribution >= 4 is 21.6 Å². The molecule has 2 aromatic rings. The van der Waals surface area contributed by atoms with Crippen molar-refractivity contribution < 1.29 is 4.74 Å². The first kappa shape index (κ1) is 11.2. The van der Waals surface area contributed by atoms with Gasteiger partial charge in [-0.25, -0.2) is 0 Å². The highest BCUT2D eigenvalue weighted by atomic mass is 32.1. The average Bonchev–Trinajstić information content (AvgIpc) is 2.88. The zero-order chi connectivity index (χ0) is 11.8. The number of likely N-dealkylation sites (N-methyl/N-ethyl adjacent to an activating group) is 1. The molecule has 92 valence electrons. The van der Waals surface area contributed by atoms with Gasteiger partial charge in [-0.1, -0.05) is 6.92 Å². The summed E-state index contributed by atoms with van der Waals surface area (Å²) in [5.41, 5.74) is 2.38. The molecule has 0 saturated heterocycles. The van der Waals surface area contributed by atoms with Gasteiger partial charge in [0, 0.05) is 6.54 Å². The van der Waals surface area contributed by atoms with Crippen molar-refractivity contribution in [1.29, 1.82) is 0 Å². The van der Waals surface area contributed by atoms with Crippen molar-refractivity contribution in [2.24, 2.45) is 0 Å². The van der Waals surface area contributed by atoms with E-state index >= 15 is 0 Å². The Kier molecular flexibility index (Phi) is 2.90. The second-order valence-corrected chi connectivity index (χ2v) is 5.37. The summed E-state index contributed by atoms with van der Waals surface area (Å²) in [7, 11) is 2.13. The van der Waals surface area contributed by atoms with Gasteiger partial charge in [0.1, 0.15) is 11.6 Å². The van der Waals surface area contributed by atoms with Crippen molar-refractivity contribution in [3.8, 4) is 0 Å². The van der Waals surface area contributed by atoms with E-state index in [-0.39, 0.29) is 6.10 Å². The normalized spacial score (nSPS) is 20.1. The van der Waals surface area contributed by atoms with Gasteiger partial charge in [0.2, 0.25) is 0 Å². The Balaban J connectivity index is 1.99. The van der Waals surface area contributed by atoms with Crippen LogP contribution in [0.15, 0.2) is 11.4 Å². The largest absolute Gasteiger partial charge is 0.369 e. The molecule has 1 atom stereocenters. The van der Waals surface area contributed by atoms with Gasteiger partial charge in [0.25, 0.3) is 0 Å². The molecule has 3 rings (SSSR count). The van der Waals surface area contributed by atoms with Crippen LogP contribution in [0.3, 0.4) is 0 Å². The van der Waals surface area contributed by atoms with E-state index in [1.807, 2.05) is 0 Å². The van der Waals surface area contributed by atoms with Crippen molar-refractivity contribution in [1.82, 2.24) is 14.7 Å². The van der Waals surface area contributed by atoms with E-state index in [1.165, 1.54) is 10.4 Å². The number of aromatic nitrogens is 2. The minimum Gasteiger partial charge on any atom is -0.369 e. The first-order chi connectivity index (χ1) is 8.29. The van der Waals surface area contributed by atoms with Gasteiger partial charge < -0.3 is 9.64 Å². The van der Waals surface area contributed by atoms with Gasteiger partial charge in [-0.2, -0.15) is 5.10 Å². The fourth-order valence-electron chi connectivity index (χ4n) is 2.27. The summed E-state index contributed by atoms with van der Waals surface area (Å²) in [6.45, 7) is 5.80. The van der Waals surface area contributed by atoms with Crippen LogP contribution in [-0.2, 0) is 11.3 Å². The Morgan fingerprint density at radius 2 is 2.53 bits per heavy atom. The topological polar surface area (TPSA) is 30.3 Å².